The van der Waals surface area contributed by atoms with E-state index >= 15 is 0 Å². The molecule has 0 unspecified atom stereocenters. The third-order valence-corrected chi connectivity index (χ3v) is 5.27. The highest BCUT2D eigenvalue weighted by Crippen LogP contribution is 2.41. The van der Waals surface area contributed by atoms with Gasteiger partial charge >= 0.3 is 5.97 Å². The van der Waals surface area contributed by atoms with Gasteiger partial charge in [-0.15, -0.1) is 11.3 Å². The van der Waals surface area contributed by atoms with Crippen molar-refractivity contribution in [2.45, 2.75) is 6.42 Å². The Balaban J connectivity index is 1.94. The minimum absolute atomic E-state index is 0.152. The number of aromatic carboxylic acids is 1. The zero-order valence-corrected chi connectivity index (χ0v) is 13.5. The van der Waals surface area contributed by atoms with Crippen LogP contribution in [0.2, 0.25) is 0 Å². The number of aromatic amines is 1. The van der Waals surface area contributed by atoms with Crippen molar-refractivity contribution in [3.05, 3.63) is 52.8 Å². The molecule has 0 radical (unpaired) electrons. The zero-order chi connectivity index (χ0) is 16.7. The van der Waals surface area contributed by atoms with Crippen LogP contribution in [0.3, 0.4) is 0 Å². The van der Waals surface area contributed by atoms with Gasteiger partial charge in [0.15, 0.2) is 0 Å². The van der Waals surface area contributed by atoms with Gasteiger partial charge in [0.05, 0.1) is 10.2 Å². The summed E-state index contributed by atoms with van der Waals surface area (Å²) in [6.45, 7) is 1.74. The Morgan fingerprint density at radius 1 is 1.25 bits per heavy atom. The Morgan fingerprint density at radius 2 is 2.04 bits per heavy atom. The van der Waals surface area contributed by atoms with Crippen LogP contribution in [0.5, 0.6) is 0 Å². The van der Waals surface area contributed by atoms with Gasteiger partial charge in [0, 0.05) is 23.1 Å². The Hall–Kier alpha value is -2.44. The van der Waals surface area contributed by atoms with E-state index in [1.807, 2.05) is 0 Å². The predicted octanol–water partition coefficient (Wildman–Crippen LogP) is 4.11. The largest absolute Gasteiger partial charge is 0.477 e. The number of H-pyrrole nitrogens is 1. The molecule has 0 atom stereocenters. The van der Waals surface area contributed by atoms with Crippen molar-refractivity contribution in [2.24, 2.45) is 0 Å². The van der Waals surface area contributed by atoms with Gasteiger partial charge in [-0.3, -0.25) is 0 Å². The van der Waals surface area contributed by atoms with Crippen LogP contribution in [-0.2, 0) is 0 Å². The first kappa shape index (κ1) is 15.1. The quantitative estimate of drug-likeness (QED) is 0.671. The average Bonchev–Trinajstić information content (AvgIpc) is 3.15. The maximum Gasteiger partial charge on any atom is 0.353 e. The van der Waals surface area contributed by atoms with Crippen molar-refractivity contribution < 1.29 is 14.3 Å². The lowest BCUT2D eigenvalue weighted by molar-refractivity contribution is 0.0692. The first-order chi connectivity index (χ1) is 11.6. The van der Waals surface area contributed by atoms with Crippen molar-refractivity contribution >= 4 is 33.1 Å². The first-order valence-electron chi connectivity index (χ1n) is 7.67. The van der Waals surface area contributed by atoms with E-state index in [1.54, 1.807) is 12.1 Å². The molecule has 0 saturated heterocycles. The minimum Gasteiger partial charge on any atom is -0.477 e. The summed E-state index contributed by atoms with van der Waals surface area (Å²) in [7, 11) is 0. The highest BCUT2D eigenvalue weighted by atomic mass is 32.1. The molecule has 3 aromatic rings. The predicted molar refractivity (Wildman–Crippen MR) is 94.0 cm³/mol. The van der Waals surface area contributed by atoms with Crippen molar-refractivity contribution in [2.75, 3.05) is 13.1 Å². The van der Waals surface area contributed by atoms with Gasteiger partial charge in [-0.1, -0.05) is 18.2 Å². The molecule has 1 aliphatic rings. The number of benzene rings is 1. The van der Waals surface area contributed by atoms with Crippen molar-refractivity contribution in [1.82, 2.24) is 10.3 Å². The lowest BCUT2D eigenvalue weighted by atomic mass is 10.0. The lowest BCUT2D eigenvalue weighted by Crippen LogP contribution is -2.19. The monoisotopic (exact) mass is 342 g/mol. The molecule has 1 aromatic carbocycles. The van der Waals surface area contributed by atoms with Crippen LogP contribution in [-0.4, -0.2) is 29.1 Å². The number of carbonyl (C=O) groups is 1. The number of hydrogen-bond donors (Lipinski definition) is 3. The van der Waals surface area contributed by atoms with Gasteiger partial charge in [-0.2, -0.15) is 0 Å². The number of rotatable bonds is 3. The summed E-state index contributed by atoms with van der Waals surface area (Å²) in [4.78, 5) is 14.8. The Bertz CT molecular complexity index is 953. The van der Waals surface area contributed by atoms with Crippen LogP contribution in [0.4, 0.5) is 4.39 Å². The summed E-state index contributed by atoms with van der Waals surface area (Å²) in [5.74, 6) is -1.35. The van der Waals surface area contributed by atoms with E-state index < -0.39 is 5.97 Å². The molecule has 6 heteroatoms. The summed E-state index contributed by atoms with van der Waals surface area (Å²) in [5, 5.41) is 14.9. The van der Waals surface area contributed by atoms with Crippen molar-refractivity contribution in [3.63, 3.8) is 0 Å². The molecule has 0 saturated carbocycles. The lowest BCUT2D eigenvalue weighted by Gasteiger charge is -2.12. The van der Waals surface area contributed by atoms with Crippen LogP contribution < -0.4 is 5.32 Å². The van der Waals surface area contributed by atoms with E-state index in [0.717, 1.165) is 35.3 Å². The van der Waals surface area contributed by atoms with E-state index in [-0.39, 0.29) is 11.5 Å². The van der Waals surface area contributed by atoms with Crippen LogP contribution in [0.25, 0.3) is 26.9 Å². The Labute approximate surface area is 141 Å². The van der Waals surface area contributed by atoms with E-state index in [4.69, 9.17) is 0 Å². The molecular formula is C18H15FN2O2S. The van der Waals surface area contributed by atoms with Crippen molar-refractivity contribution in [3.8, 4) is 11.1 Å². The third kappa shape index (κ3) is 2.44. The van der Waals surface area contributed by atoms with Crippen LogP contribution in [0, 0.1) is 5.82 Å². The molecular weight excluding hydrogens is 327 g/mol. The summed E-state index contributed by atoms with van der Waals surface area (Å²) in [5.41, 5.74) is 4.62. The highest BCUT2D eigenvalue weighted by molar-refractivity contribution is 7.18. The number of aromatic nitrogens is 1. The first-order valence-corrected chi connectivity index (χ1v) is 8.55. The van der Waals surface area contributed by atoms with Crippen molar-refractivity contribution in [1.29, 1.82) is 0 Å². The van der Waals surface area contributed by atoms with Gasteiger partial charge in [-0.05, 0) is 36.2 Å². The smallest absolute Gasteiger partial charge is 0.353 e. The summed E-state index contributed by atoms with van der Waals surface area (Å²) in [6, 6.07) is 5.94. The number of hydrogen-bond acceptors (Lipinski definition) is 3. The normalized spacial score (nSPS) is 14.8. The highest BCUT2D eigenvalue weighted by Gasteiger charge is 2.23. The molecule has 4 rings (SSSR count). The molecule has 0 aliphatic carbocycles. The van der Waals surface area contributed by atoms with E-state index in [9.17, 15) is 14.3 Å². The number of nitrogens with one attached hydrogen (secondary N) is 2. The molecule has 122 valence electrons. The fraction of sp³-hybridized carbons (Fsp3) is 0.167. The molecule has 24 heavy (non-hydrogen) atoms. The van der Waals surface area contributed by atoms with Crippen LogP contribution >= 0.6 is 11.3 Å². The fourth-order valence-electron chi connectivity index (χ4n) is 3.12. The van der Waals surface area contributed by atoms with Gasteiger partial charge in [-0.25, -0.2) is 9.18 Å². The topological polar surface area (TPSA) is 65.1 Å². The third-order valence-electron chi connectivity index (χ3n) is 4.27. The average molecular weight is 342 g/mol. The zero-order valence-electron chi connectivity index (χ0n) is 12.7. The van der Waals surface area contributed by atoms with Crippen LogP contribution in [0.15, 0.2) is 35.7 Å². The molecule has 1 aliphatic heterocycles. The number of carboxylic acids is 1. The second kappa shape index (κ2) is 5.89. The molecule has 0 fully saturated rings. The standard InChI is InChI=1S/C18H15FN2O2S/c19-12-3-1-11(2-4-12)14-16(18(22)23)21-15-13(9-24-17(14)15)10-5-7-20-8-6-10/h1-5,9,20-21H,6-8H2,(H,22,23). The molecule has 0 spiro atoms. The van der Waals surface area contributed by atoms with Gasteiger partial charge < -0.3 is 15.4 Å². The molecule has 3 heterocycles. The maximum absolute atomic E-state index is 13.2. The molecule has 2 aromatic heterocycles. The second-order valence-corrected chi connectivity index (χ2v) is 6.60. The molecule has 3 N–H and O–H groups in total. The fourth-order valence-corrected chi connectivity index (χ4v) is 4.24. The summed E-state index contributed by atoms with van der Waals surface area (Å²) < 4.78 is 14.1. The molecule has 0 bridgehead atoms. The van der Waals surface area contributed by atoms with Gasteiger partial charge in [0.25, 0.3) is 0 Å². The number of thiophene rings is 1. The second-order valence-electron chi connectivity index (χ2n) is 5.72. The number of halogens is 1. The molecule has 0 amide bonds. The Morgan fingerprint density at radius 3 is 2.71 bits per heavy atom. The Kier molecular flexibility index (Phi) is 3.70. The maximum atomic E-state index is 13.2. The van der Waals surface area contributed by atoms with Crippen LogP contribution in [0.1, 0.15) is 22.5 Å². The SMILES string of the molecule is O=C(O)c1[nH]c2c(C3=CCNCC3)csc2c1-c1ccc(F)cc1. The van der Waals surface area contributed by atoms with E-state index in [1.165, 1.54) is 29.0 Å². The van der Waals surface area contributed by atoms with Gasteiger partial charge in [0.1, 0.15) is 11.5 Å². The summed E-state index contributed by atoms with van der Waals surface area (Å²) >= 11 is 1.52. The van der Waals surface area contributed by atoms with Gasteiger partial charge in [0.2, 0.25) is 0 Å². The number of carboxylic acid groups (broad SMARTS) is 1. The number of fused-ring (bicyclic) bond motifs is 1. The molecule has 4 nitrogen and oxygen atoms in total. The van der Waals surface area contributed by atoms with E-state index in [0.29, 0.717) is 11.1 Å². The van der Waals surface area contributed by atoms with E-state index in [2.05, 4.69) is 21.8 Å². The summed E-state index contributed by atoms with van der Waals surface area (Å²) in [6.07, 6.45) is 3.06. The minimum atomic E-state index is -1.01.